The third-order valence-corrected chi connectivity index (χ3v) is 9.81. The number of hydrogen-bond donors (Lipinski definition) is 0. The van der Waals surface area contributed by atoms with E-state index in [0.29, 0.717) is 145 Å². The zero-order chi connectivity index (χ0) is 42.3. The summed E-state index contributed by atoms with van der Waals surface area (Å²) < 4.78 is 94.9. The Balaban J connectivity index is 1.62. The average molecular weight is 869 g/mol. The summed E-state index contributed by atoms with van der Waals surface area (Å²) in [7, 11) is -3.76. The molecule has 0 amide bonds. The van der Waals surface area contributed by atoms with E-state index in [1.54, 1.807) is 18.2 Å². The summed E-state index contributed by atoms with van der Waals surface area (Å²) in [5.41, 5.74) is 0. The lowest BCUT2D eigenvalue weighted by molar-refractivity contribution is -0.0285. The molecule has 348 valence electrons. The van der Waals surface area contributed by atoms with Gasteiger partial charge in [-0.15, -0.1) is 0 Å². The fourth-order valence-electron chi connectivity index (χ4n) is 5.25. The molecule has 1 rings (SSSR count). The Labute approximate surface area is 356 Å². The first-order chi connectivity index (χ1) is 29.2. The van der Waals surface area contributed by atoms with Crippen LogP contribution in [0.25, 0.3) is 0 Å². The molecule has 1 aromatic carbocycles. The number of hydrogen-bond acceptors (Lipinski definition) is 15. The first-order valence-corrected chi connectivity index (χ1v) is 23.4. The molecule has 59 heavy (non-hydrogen) atoms. The molecule has 0 fully saturated rings. The Hall–Kier alpha value is -1.35. The SMILES string of the molecule is CCCCCCCCCCCCCOCCOCCOCCOCCOCCOCCOCCOCCOCCOCCOCCOCCOS(=O)(=O)c1ccccc1. The molecule has 1 aromatic rings. The van der Waals surface area contributed by atoms with Gasteiger partial charge in [0.1, 0.15) is 0 Å². The molecule has 0 spiro atoms. The van der Waals surface area contributed by atoms with Gasteiger partial charge in [0.05, 0.1) is 163 Å². The van der Waals surface area contributed by atoms with Crippen molar-refractivity contribution in [1.82, 2.24) is 0 Å². The zero-order valence-corrected chi connectivity index (χ0v) is 37.2. The second-order valence-corrected chi connectivity index (χ2v) is 15.1. The van der Waals surface area contributed by atoms with Crippen molar-refractivity contribution in [3.05, 3.63) is 30.3 Å². The lowest BCUT2D eigenvalue weighted by Crippen LogP contribution is -2.16. The van der Waals surface area contributed by atoms with Gasteiger partial charge in [-0.05, 0) is 18.6 Å². The van der Waals surface area contributed by atoms with E-state index in [0.717, 1.165) is 13.0 Å². The summed E-state index contributed by atoms with van der Waals surface area (Å²) in [6.45, 7) is 14.0. The molecule has 0 heterocycles. The topological polar surface area (TPSA) is 154 Å². The number of ether oxygens (including phenoxy) is 12. The van der Waals surface area contributed by atoms with E-state index in [2.05, 4.69) is 6.92 Å². The van der Waals surface area contributed by atoms with E-state index in [4.69, 9.17) is 61.0 Å². The largest absolute Gasteiger partial charge is 0.379 e. The molecule has 0 aromatic heterocycles. The monoisotopic (exact) mass is 869 g/mol. The van der Waals surface area contributed by atoms with Crippen LogP contribution in [0, 0.1) is 0 Å². The molecule has 16 heteroatoms. The molecule has 0 unspecified atom stereocenters. The molecular weight excluding hydrogens is 789 g/mol. The third kappa shape index (κ3) is 41.8. The van der Waals surface area contributed by atoms with Gasteiger partial charge in [-0.25, -0.2) is 0 Å². The van der Waals surface area contributed by atoms with Crippen LogP contribution in [0.5, 0.6) is 0 Å². The zero-order valence-electron chi connectivity index (χ0n) is 36.4. The molecule has 15 nitrogen and oxygen atoms in total. The Morgan fingerprint density at radius 2 is 0.542 bits per heavy atom. The van der Waals surface area contributed by atoms with Gasteiger partial charge in [-0.3, -0.25) is 4.18 Å². The summed E-state index contributed by atoms with van der Waals surface area (Å²) in [4.78, 5) is 0.121. The van der Waals surface area contributed by atoms with Crippen LogP contribution < -0.4 is 0 Å². The summed E-state index contributed by atoms with van der Waals surface area (Å²) in [5.74, 6) is 0. The van der Waals surface area contributed by atoms with Gasteiger partial charge in [0.25, 0.3) is 10.1 Å². The van der Waals surface area contributed by atoms with Crippen molar-refractivity contribution in [2.45, 2.75) is 82.4 Å². The van der Waals surface area contributed by atoms with E-state index in [-0.39, 0.29) is 18.1 Å². The van der Waals surface area contributed by atoms with Crippen LogP contribution in [-0.2, 0) is 71.1 Å². The highest BCUT2D eigenvalue weighted by Crippen LogP contribution is 2.12. The summed E-state index contributed by atoms with van der Waals surface area (Å²) >= 11 is 0. The Morgan fingerprint density at radius 1 is 0.305 bits per heavy atom. The summed E-state index contributed by atoms with van der Waals surface area (Å²) in [6.07, 6.45) is 14.8. The highest BCUT2D eigenvalue weighted by atomic mass is 32.2. The minimum absolute atomic E-state index is 0.0591. The molecule has 0 N–H and O–H groups in total. The highest BCUT2D eigenvalue weighted by Gasteiger charge is 2.13. The van der Waals surface area contributed by atoms with E-state index >= 15 is 0 Å². The average Bonchev–Trinajstić information content (AvgIpc) is 3.25. The second kappa shape index (κ2) is 46.2. The van der Waals surface area contributed by atoms with Crippen molar-refractivity contribution in [3.63, 3.8) is 0 Å². The molecule has 0 atom stereocenters. The second-order valence-electron chi connectivity index (χ2n) is 13.5. The van der Waals surface area contributed by atoms with Gasteiger partial charge < -0.3 is 56.8 Å². The van der Waals surface area contributed by atoms with E-state index < -0.39 is 10.1 Å². The number of benzene rings is 1. The predicted octanol–water partition coefficient (Wildman–Crippen LogP) is 5.90. The van der Waals surface area contributed by atoms with Crippen LogP contribution >= 0.6 is 0 Å². The van der Waals surface area contributed by atoms with Crippen molar-refractivity contribution in [2.24, 2.45) is 0 Å². The molecule has 0 bridgehead atoms. The van der Waals surface area contributed by atoms with Gasteiger partial charge >= 0.3 is 0 Å². The molecule has 0 aliphatic carbocycles. The maximum Gasteiger partial charge on any atom is 0.297 e. The van der Waals surface area contributed by atoms with Gasteiger partial charge in [0, 0.05) is 6.61 Å². The van der Waals surface area contributed by atoms with Crippen molar-refractivity contribution in [1.29, 1.82) is 0 Å². The fraction of sp³-hybridized carbons (Fsp3) is 0.860. The first-order valence-electron chi connectivity index (χ1n) is 22.0. The maximum atomic E-state index is 12.0. The molecule has 0 aliphatic rings. The normalized spacial score (nSPS) is 11.9. The quantitative estimate of drug-likeness (QED) is 0.0564. The fourth-order valence-corrected chi connectivity index (χ4v) is 6.16. The number of unbranched alkanes of at least 4 members (excludes halogenated alkanes) is 10. The van der Waals surface area contributed by atoms with E-state index in [9.17, 15) is 8.42 Å². The number of rotatable bonds is 50. The van der Waals surface area contributed by atoms with E-state index in [1.165, 1.54) is 76.3 Å². The third-order valence-electron chi connectivity index (χ3n) is 8.48. The minimum Gasteiger partial charge on any atom is -0.379 e. The Kier molecular flexibility index (Phi) is 43.6. The van der Waals surface area contributed by atoms with Crippen molar-refractivity contribution in [2.75, 3.05) is 165 Å². The van der Waals surface area contributed by atoms with Gasteiger partial charge in [-0.2, -0.15) is 8.42 Å². The van der Waals surface area contributed by atoms with Crippen LogP contribution in [0.4, 0.5) is 0 Å². The van der Waals surface area contributed by atoms with E-state index in [1.807, 2.05) is 0 Å². The molecule has 0 aliphatic heterocycles. The van der Waals surface area contributed by atoms with Gasteiger partial charge in [0.15, 0.2) is 0 Å². The van der Waals surface area contributed by atoms with Crippen LogP contribution in [0.1, 0.15) is 77.6 Å². The highest BCUT2D eigenvalue weighted by molar-refractivity contribution is 7.86. The minimum atomic E-state index is -3.76. The molecule has 0 saturated heterocycles. The van der Waals surface area contributed by atoms with Crippen molar-refractivity contribution < 1.29 is 69.4 Å². The van der Waals surface area contributed by atoms with Crippen LogP contribution in [-0.4, -0.2) is 174 Å². The van der Waals surface area contributed by atoms with Crippen LogP contribution in [0.2, 0.25) is 0 Å². The van der Waals surface area contributed by atoms with Gasteiger partial charge in [0.2, 0.25) is 0 Å². The first kappa shape index (κ1) is 55.7. The lowest BCUT2D eigenvalue weighted by atomic mass is 10.1. The predicted molar refractivity (Wildman–Crippen MR) is 226 cm³/mol. The molecular formula is C43H80O15S. The lowest BCUT2D eigenvalue weighted by Gasteiger charge is -2.09. The Morgan fingerprint density at radius 3 is 0.831 bits per heavy atom. The smallest absolute Gasteiger partial charge is 0.297 e. The standard InChI is InChI=1S/C43H80O15S/c1-2-3-4-5-6-7-8-9-10-11-15-18-46-19-20-47-21-22-48-23-24-49-25-26-50-27-28-51-29-30-52-31-32-53-33-34-54-35-36-55-37-38-56-39-40-57-41-42-58-59(44,45)43-16-13-12-14-17-43/h12-14,16-17H,2-11,15,18-42H2,1H3. The molecule has 0 saturated carbocycles. The Bertz CT molecular complexity index is 1050. The molecule has 0 radical (unpaired) electrons. The summed E-state index contributed by atoms with van der Waals surface area (Å²) in [5, 5.41) is 0. The summed E-state index contributed by atoms with van der Waals surface area (Å²) in [6, 6.07) is 7.99. The maximum absolute atomic E-state index is 12.0. The van der Waals surface area contributed by atoms with Crippen LogP contribution in [0.15, 0.2) is 35.2 Å². The van der Waals surface area contributed by atoms with Crippen molar-refractivity contribution >= 4 is 10.1 Å². The van der Waals surface area contributed by atoms with Crippen LogP contribution in [0.3, 0.4) is 0 Å². The van der Waals surface area contributed by atoms with Gasteiger partial charge in [-0.1, -0.05) is 89.3 Å². The van der Waals surface area contributed by atoms with Crippen molar-refractivity contribution in [3.8, 4) is 0 Å².